The number of carbonyl (C=O) groups excluding carboxylic acids is 1. The molecule has 0 N–H and O–H groups in total. The van der Waals surface area contributed by atoms with Crippen LogP contribution in [-0.4, -0.2) is 5.78 Å². The summed E-state index contributed by atoms with van der Waals surface area (Å²) in [6.45, 7) is 8.61. The van der Waals surface area contributed by atoms with Crippen LogP contribution in [0, 0.1) is 29.6 Å². The lowest BCUT2D eigenvalue weighted by atomic mass is 9.58. The number of allylic oxidation sites excluding steroid dienone is 2. The third-order valence-electron chi connectivity index (χ3n) is 4.53. The molecule has 0 heterocycles. The molecule has 0 aromatic rings. The molecule has 0 aromatic heterocycles. The van der Waals surface area contributed by atoms with Crippen molar-refractivity contribution in [2.75, 3.05) is 0 Å². The van der Waals surface area contributed by atoms with Gasteiger partial charge >= 0.3 is 0 Å². The van der Waals surface area contributed by atoms with Crippen LogP contribution in [0.4, 0.5) is 0 Å². The number of ketones is 1. The molecular weight excluding hydrogens is 184 g/mol. The summed E-state index contributed by atoms with van der Waals surface area (Å²) in [6.07, 6.45) is 4.80. The predicted octanol–water partition coefficient (Wildman–Crippen LogP) is 3.45. The van der Waals surface area contributed by atoms with Crippen molar-refractivity contribution in [2.24, 2.45) is 29.6 Å². The molecule has 3 aliphatic carbocycles. The van der Waals surface area contributed by atoms with Crippen molar-refractivity contribution >= 4 is 5.78 Å². The van der Waals surface area contributed by atoms with E-state index in [2.05, 4.69) is 26.8 Å². The minimum absolute atomic E-state index is 0.329. The van der Waals surface area contributed by atoms with Crippen LogP contribution in [0.25, 0.3) is 0 Å². The van der Waals surface area contributed by atoms with Gasteiger partial charge in [-0.15, -0.1) is 0 Å². The van der Waals surface area contributed by atoms with E-state index >= 15 is 0 Å². The van der Waals surface area contributed by atoms with Gasteiger partial charge in [-0.25, -0.2) is 0 Å². The maximum Gasteiger partial charge on any atom is 0.133 e. The van der Waals surface area contributed by atoms with Gasteiger partial charge in [-0.2, -0.15) is 0 Å². The van der Waals surface area contributed by atoms with Crippen LogP contribution in [0.15, 0.2) is 11.6 Å². The molecule has 84 valence electrons. The van der Waals surface area contributed by atoms with Gasteiger partial charge in [0.25, 0.3) is 0 Å². The van der Waals surface area contributed by atoms with Gasteiger partial charge in [0.1, 0.15) is 5.78 Å². The zero-order valence-electron chi connectivity index (χ0n) is 10.3. The molecule has 1 fully saturated rings. The lowest BCUT2D eigenvalue weighted by Crippen LogP contribution is -2.41. The molecule has 0 aliphatic heterocycles. The van der Waals surface area contributed by atoms with E-state index in [0.29, 0.717) is 23.5 Å². The Bertz CT molecular complexity index is 300. The Hall–Kier alpha value is -0.590. The third-order valence-corrected chi connectivity index (χ3v) is 4.53. The van der Waals surface area contributed by atoms with Crippen molar-refractivity contribution in [3.8, 4) is 0 Å². The molecule has 3 aliphatic rings. The number of hydrogen-bond donors (Lipinski definition) is 0. The van der Waals surface area contributed by atoms with Crippen LogP contribution in [0.3, 0.4) is 0 Å². The van der Waals surface area contributed by atoms with Crippen molar-refractivity contribution in [3.05, 3.63) is 11.6 Å². The highest BCUT2D eigenvalue weighted by Gasteiger charge is 2.43. The van der Waals surface area contributed by atoms with E-state index in [1.807, 2.05) is 0 Å². The molecule has 1 nitrogen and oxygen atoms in total. The molecule has 0 amide bonds. The predicted molar refractivity (Wildman–Crippen MR) is 62.5 cm³/mol. The van der Waals surface area contributed by atoms with Gasteiger partial charge < -0.3 is 0 Å². The van der Waals surface area contributed by atoms with Crippen LogP contribution >= 0.6 is 0 Å². The molecular formula is C14H22O. The standard InChI is InChI=1S/C14H22O/c1-8(2)12-7-13-9(3)5-11(12)6-14(13)10(4)15/h5,8,11-14H,6-7H2,1-4H3/t11-,12?,13+,14?/m0/s1. The fourth-order valence-electron chi connectivity index (χ4n) is 3.64. The van der Waals surface area contributed by atoms with Gasteiger partial charge in [0.2, 0.25) is 0 Å². The van der Waals surface area contributed by atoms with Crippen molar-refractivity contribution in [2.45, 2.75) is 40.5 Å². The Morgan fingerprint density at radius 1 is 1.40 bits per heavy atom. The van der Waals surface area contributed by atoms with E-state index in [1.54, 1.807) is 6.92 Å². The van der Waals surface area contributed by atoms with Crippen LogP contribution in [0.1, 0.15) is 40.5 Å². The maximum atomic E-state index is 11.6. The van der Waals surface area contributed by atoms with E-state index in [0.717, 1.165) is 18.3 Å². The molecule has 2 unspecified atom stereocenters. The number of Topliss-reactive ketones (excluding diaryl/α,β-unsaturated/α-hetero) is 1. The minimum atomic E-state index is 0.329. The molecule has 0 saturated heterocycles. The normalized spacial score (nSPS) is 39.4. The monoisotopic (exact) mass is 206 g/mol. The van der Waals surface area contributed by atoms with E-state index in [-0.39, 0.29) is 0 Å². The summed E-state index contributed by atoms with van der Waals surface area (Å²) in [6, 6.07) is 0. The number of carbonyl (C=O) groups is 1. The molecule has 1 heteroatoms. The molecule has 2 bridgehead atoms. The number of rotatable bonds is 2. The molecule has 0 radical (unpaired) electrons. The van der Waals surface area contributed by atoms with Crippen molar-refractivity contribution < 1.29 is 4.79 Å². The Labute approximate surface area is 92.9 Å². The largest absolute Gasteiger partial charge is 0.300 e. The van der Waals surface area contributed by atoms with Gasteiger partial charge in [-0.05, 0) is 50.4 Å². The Morgan fingerprint density at radius 2 is 2.07 bits per heavy atom. The first-order valence-electron chi connectivity index (χ1n) is 6.19. The summed E-state index contributed by atoms with van der Waals surface area (Å²) in [5.74, 6) is 3.53. The average molecular weight is 206 g/mol. The molecule has 15 heavy (non-hydrogen) atoms. The molecule has 0 spiro atoms. The smallest absolute Gasteiger partial charge is 0.133 e. The Balaban J connectivity index is 2.23. The first-order valence-corrected chi connectivity index (χ1v) is 6.19. The summed E-state index contributed by atoms with van der Waals surface area (Å²) in [5.41, 5.74) is 1.48. The van der Waals surface area contributed by atoms with Crippen LogP contribution < -0.4 is 0 Å². The highest BCUT2D eigenvalue weighted by atomic mass is 16.1. The lowest BCUT2D eigenvalue weighted by molar-refractivity contribution is -0.124. The highest BCUT2D eigenvalue weighted by molar-refractivity contribution is 5.79. The van der Waals surface area contributed by atoms with Crippen LogP contribution in [0.5, 0.6) is 0 Å². The second kappa shape index (κ2) is 3.77. The van der Waals surface area contributed by atoms with Crippen molar-refractivity contribution in [3.63, 3.8) is 0 Å². The zero-order chi connectivity index (χ0) is 11.2. The first-order chi connectivity index (χ1) is 7.00. The summed E-state index contributed by atoms with van der Waals surface area (Å²) in [4.78, 5) is 11.6. The SMILES string of the molecule is CC(=O)C1C[C@@H]2C=C(C)[C@H]1CC2C(C)C. The molecule has 0 aromatic carbocycles. The van der Waals surface area contributed by atoms with E-state index in [1.165, 1.54) is 12.0 Å². The van der Waals surface area contributed by atoms with Gasteiger partial charge in [0, 0.05) is 5.92 Å². The fourth-order valence-corrected chi connectivity index (χ4v) is 3.64. The second-order valence-corrected chi connectivity index (χ2v) is 5.78. The summed E-state index contributed by atoms with van der Waals surface area (Å²) >= 11 is 0. The quantitative estimate of drug-likeness (QED) is 0.632. The topological polar surface area (TPSA) is 17.1 Å². The Morgan fingerprint density at radius 3 is 2.53 bits per heavy atom. The summed E-state index contributed by atoms with van der Waals surface area (Å²) in [5, 5.41) is 0. The molecule has 1 saturated carbocycles. The van der Waals surface area contributed by atoms with Gasteiger partial charge in [-0.1, -0.05) is 25.5 Å². The highest BCUT2D eigenvalue weighted by Crippen LogP contribution is 2.49. The number of hydrogen-bond acceptors (Lipinski definition) is 1. The zero-order valence-corrected chi connectivity index (χ0v) is 10.3. The summed E-state index contributed by atoms with van der Waals surface area (Å²) < 4.78 is 0. The molecule has 3 rings (SSSR count). The average Bonchev–Trinajstić information content (AvgIpc) is 2.16. The maximum absolute atomic E-state index is 11.6. The number of fused-ring (bicyclic) bond motifs is 2. The summed E-state index contributed by atoms with van der Waals surface area (Å²) in [7, 11) is 0. The van der Waals surface area contributed by atoms with Crippen LogP contribution in [0.2, 0.25) is 0 Å². The van der Waals surface area contributed by atoms with Crippen molar-refractivity contribution in [1.82, 2.24) is 0 Å². The minimum Gasteiger partial charge on any atom is -0.300 e. The van der Waals surface area contributed by atoms with Crippen molar-refractivity contribution in [1.29, 1.82) is 0 Å². The van der Waals surface area contributed by atoms with E-state index < -0.39 is 0 Å². The third kappa shape index (κ3) is 1.77. The van der Waals surface area contributed by atoms with Gasteiger partial charge in [-0.3, -0.25) is 4.79 Å². The van der Waals surface area contributed by atoms with E-state index in [9.17, 15) is 4.79 Å². The van der Waals surface area contributed by atoms with Gasteiger partial charge in [0.15, 0.2) is 0 Å². The lowest BCUT2D eigenvalue weighted by Gasteiger charge is -2.46. The Kier molecular flexibility index (Phi) is 2.74. The second-order valence-electron chi connectivity index (χ2n) is 5.78. The van der Waals surface area contributed by atoms with Gasteiger partial charge in [0.05, 0.1) is 0 Å². The van der Waals surface area contributed by atoms with E-state index in [4.69, 9.17) is 0 Å². The van der Waals surface area contributed by atoms with Crippen LogP contribution in [-0.2, 0) is 4.79 Å². The molecule has 4 atom stereocenters. The fraction of sp³-hybridized carbons (Fsp3) is 0.786. The first kappa shape index (κ1) is 10.9.